The van der Waals surface area contributed by atoms with Crippen molar-refractivity contribution in [3.05, 3.63) is 95.3 Å². The summed E-state index contributed by atoms with van der Waals surface area (Å²) in [6.07, 6.45) is 10.4. The van der Waals surface area contributed by atoms with Gasteiger partial charge in [-0.25, -0.2) is 33.7 Å². The van der Waals surface area contributed by atoms with Gasteiger partial charge in [0, 0.05) is 60.6 Å². The van der Waals surface area contributed by atoms with Crippen molar-refractivity contribution in [1.29, 1.82) is 0 Å². The number of halogens is 1. The van der Waals surface area contributed by atoms with Crippen molar-refractivity contribution >= 4 is 85.3 Å². The van der Waals surface area contributed by atoms with Crippen molar-refractivity contribution in [2.75, 3.05) is 47.9 Å². The van der Waals surface area contributed by atoms with Crippen molar-refractivity contribution in [1.82, 2.24) is 10.6 Å². The minimum atomic E-state index is -4.85. The van der Waals surface area contributed by atoms with Crippen LogP contribution in [0.2, 0.25) is 0 Å². The zero-order valence-electron chi connectivity index (χ0n) is 34.1. The first kappa shape index (κ1) is 50.6. The van der Waals surface area contributed by atoms with Crippen LogP contribution in [0.1, 0.15) is 58.1 Å². The molecule has 18 nitrogen and oxygen atoms in total. The van der Waals surface area contributed by atoms with Crippen LogP contribution in [0.3, 0.4) is 0 Å². The molecule has 0 bridgehead atoms. The number of nitrogens with zero attached hydrogens (tertiary/aromatic N) is 2. The van der Waals surface area contributed by atoms with Gasteiger partial charge in [0.25, 0.3) is 0 Å². The molecule has 0 radical (unpaired) electrons. The summed E-state index contributed by atoms with van der Waals surface area (Å²) in [7, 11) is -19.1. The second kappa shape index (κ2) is 19.8. The van der Waals surface area contributed by atoms with Gasteiger partial charge in [0.05, 0.1) is 42.2 Å². The number of nitrogens with one attached hydrogen (secondary N) is 2. The fourth-order valence-electron chi connectivity index (χ4n) is 7.19. The molecule has 0 saturated carbocycles. The lowest BCUT2D eigenvalue weighted by molar-refractivity contribution is -0.432. The van der Waals surface area contributed by atoms with Crippen LogP contribution in [0.15, 0.2) is 93.9 Å². The third-order valence-electron chi connectivity index (χ3n) is 10.3. The molecule has 0 spiro atoms. The zero-order valence-corrected chi connectivity index (χ0v) is 39.0. The summed E-state index contributed by atoms with van der Waals surface area (Å²) in [4.78, 5) is 24.9. The first-order chi connectivity index (χ1) is 28.6. The Morgan fingerprint density at radius 3 is 1.92 bits per heavy atom. The van der Waals surface area contributed by atoms with Gasteiger partial charge in [-0.2, -0.15) is 4.58 Å². The van der Waals surface area contributed by atoms with E-state index < -0.39 is 72.6 Å². The quantitative estimate of drug-likeness (QED) is 0.0633. The molecular weight excluding hydrogens is 957 g/mol. The van der Waals surface area contributed by atoms with E-state index in [0.29, 0.717) is 52.4 Å². The van der Waals surface area contributed by atoms with Crippen LogP contribution in [0.25, 0.3) is 0 Å². The Labute approximate surface area is 370 Å². The van der Waals surface area contributed by atoms with Gasteiger partial charge in [-0.15, -0.1) is 0 Å². The summed E-state index contributed by atoms with van der Waals surface area (Å²) in [5.41, 5.74) is 1.03. The molecule has 0 aromatic heterocycles. The molecule has 2 amide bonds. The monoisotopic (exact) mass is 1000 g/mol. The summed E-state index contributed by atoms with van der Waals surface area (Å²) < 4.78 is 143. The number of alkyl halides is 1. The van der Waals surface area contributed by atoms with Crippen LogP contribution in [-0.2, 0) is 60.9 Å². The summed E-state index contributed by atoms with van der Waals surface area (Å²) in [6, 6.07) is 7.35. The zero-order chi connectivity index (χ0) is 46.5. The van der Waals surface area contributed by atoms with Crippen LogP contribution in [0, 0.1) is 0 Å². The number of amides is 2. The SMILES string of the molecule is CC1(C)C(/C=C/C=C(/C=C/C=C2/N(CCS(=O)(=O)[O-])c3ccc(S(=O)(=O)[O-])cc3C2(C)C)CCC(=O)NCCCNC(=O)CBr)=[N+](CCS(=O)(=O)[O-])c2ccc(S(=O)(=O)[O-])cc21. The molecule has 23 heteroatoms. The van der Waals surface area contributed by atoms with Gasteiger partial charge in [0.1, 0.15) is 30.4 Å². The molecule has 0 aliphatic carbocycles. The van der Waals surface area contributed by atoms with Crippen LogP contribution >= 0.6 is 15.9 Å². The normalized spacial score (nSPS) is 17.3. The number of carbonyl (C=O) groups excluding carboxylic acids is 2. The highest BCUT2D eigenvalue weighted by Gasteiger charge is 2.45. The molecule has 0 unspecified atom stereocenters. The summed E-state index contributed by atoms with van der Waals surface area (Å²) >= 11 is 3.06. The molecule has 2 aliphatic heterocycles. The maximum atomic E-state index is 12.9. The van der Waals surface area contributed by atoms with Crippen molar-refractivity contribution in [3.63, 3.8) is 0 Å². The Hall–Kier alpha value is -4.07. The average Bonchev–Trinajstić information content (AvgIpc) is 3.50. The van der Waals surface area contributed by atoms with Crippen molar-refractivity contribution < 1.29 is 66.0 Å². The summed E-state index contributed by atoms with van der Waals surface area (Å²) in [5, 5.41) is 5.61. The van der Waals surface area contributed by atoms with Crippen LogP contribution in [0.4, 0.5) is 11.4 Å². The van der Waals surface area contributed by atoms with Gasteiger partial charge in [0.15, 0.2) is 12.3 Å². The van der Waals surface area contributed by atoms with Crippen molar-refractivity contribution in [2.45, 2.75) is 67.6 Å². The van der Waals surface area contributed by atoms with Crippen LogP contribution in [0.5, 0.6) is 0 Å². The fraction of sp³-hybridized carbons (Fsp3) is 0.410. The molecule has 62 heavy (non-hydrogen) atoms. The maximum absolute atomic E-state index is 12.9. The van der Waals surface area contributed by atoms with Gasteiger partial charge in [-0.05, 0) is 74.2 Å². The number of hydrogen-bond donors (Lipinski definition) is 2. The maximum Gasteiger partial charge on any atom is 0.230 e. The largest absolute Gasteiger partial charge is 0.748 e. The Balaban J connectivity index is 1.75. The molecule has 2 N–H and O–H groups in total. The number of benzene rings is 2. The molecular formula is C39H46BrN4O14S4-3. The van der Waals surface area contributed by atoms with E-state index >= 15 is 0 Å². The van der Waals surface area contributed by atoms with Crippen molar-refractivity contribution in [3.8, 4) is 0 Å². The number of fused-ring (bicyclic) bond motifs is 2. The minimum absolute atomic E-state index is 0.00134. The van der Waals surface area contributed by atoms with E-state index in [1.807, 2.05) is 0 Å². The van der Waals surface area contributed by atoms with E-state index in [1.165, 1.54) is 24.3 Å². The average molecular weight is 1000 g/mol. The number of anilines is 1. The Kier molecular flexibility index (Phi) is 16.1. The molecule has 340 valence electrons. The third kappa shape index (κ3) is 13.2. The lowest BCUT2D eigenvalue weighted by atomic mass is 9.81. The Bertz CT molecular complexity index is 2710. The van der Waals surface area contributed by atoms with Gasteiger partial charge < -0.3 is 33.7 Å². The molecule has 0 saturated heterocycles. The molecule has 2 heterocycles. The topological polar surface area (TPSA) is 293 Å². The van der Waals surface area contributed by atoms with Gasteiger partial charge in [-0.3, -0.25) is 9.59 Å². The van der Waals surface area contributed by atoms with Crippen molar-refractivity contribution in [2.24, 2.45) is 0 Å². The lowest BCUT2D eigenvalue weighted by Gasteiger charge is -2.27. The second-order valence-corrected chi connectivity index (χ2v) is 21.8. The second-order valence-electron chi connectivity index (χ2n) is 15.4. The molecule has 2 aromatic carbocycles. The Morgan fingerprint density at radius 2 is 1.34 bits per heavy atom. The van der Waals surface area contributed by atoms with Crippen LogP contribution < -0.4 is 15.5 Å². The highest BCUT2D eigenvalue weighted by Crippen LogP contribution is 2.48. The van der Waals surface area contributed by atoms with E-state index in [-0.39, 0.29) is 49.6 Å². The number of carbonyl (C=O) groups is 2. The molecule has 0 fully saturated rings. The van der Waals surface area contributed by atoms with Gasteiger partial charge in [-0.1, -0.05) is 54.1 Å². The highest BCUT2D eigenvalue weighted by atomic mass is 79.9. The fourth-order valence-corrected chi connectivity index (χ4v) is 9.20. The summed E-state index contributed by atoms with van der Waals surface area (Å²) in [5.74, 6) is -2.09. The van der Waals surface area contributed by atoms with E-state index in [9.17, 15) is 61.5 Å². The number of hydrogen-bond acceptors (Lipinski definition) is 15. The standard InChI is InChI=1S/C39H49BrN4O14S4/c1-38(2)30-24-28(61(53,54)55)13-15-32(30)43(20-22-59(47,48)49)34(38)10-5-8-27(12-17-36(45)41-18-7-19-42-37(46)26-40)9-6-11-35-39(3,4)31-25-29(62(56,57)58)14-16-33(31)44(35)21-23-60(50,51)52/h5-6,8-11,13-16,24-25H,7,12,17-23,26H2,1-4H3,(H5-,41,42,45,46,47,48,49,50,51,52,53,54,55,56,57,58)/p-3. The highest BCUT2D eigenvalue weighted by molar-refractivity contribution is 9.09. The van der Waals surface area contributed by atoms with Gasteiger partial charge in [0.2, 0.25) is 17.5 Å². The Morgan fingerprint density at radius 1 is 0.758 bits per heavy atom. The van der Waals surface area contributed by atoms with E-state index in [2.05, 4.69) is 26.6 Å². The van der Waals surface area contributed by atoms with Gasteiger partial charge >= 0.3 is 0 Å². The molecule has 4 rings (SSSR count). The minimum Gasteiger partial charge on any atom is -0.748 e. The molecule has 0 atom stereocenters. The summed E-state index contributed by atoms with van der Waals surface area (Å²) in [6.45, 7) is 6.95. The molecule has 2 aliphatic rings. The predicted molar refractivity (Wildman–Crippen MR) is 229 cm³/mol. The predicted octanol–water partition coefficient (Wildman–Crippen LogP) is 2.48. The van der Waals surface area contributed by atoms with E-state index in [4.69, 9.17) is 0 Å². The first-order valence-electron chi connectivity index (χ1n) is 18.9. The third-order valence-corrected chi connectivity index (χ3v) is 13.9. The smallest absolute Gasteiger partial charge is 0.230 e. The van der Waals surface area contributed by atoms with E-state index in [0.717, 1.165) is 12.1 Å². The number of allylic oxidation sites excluding steroid dienone is 8. The first-order valence-corrected chi connectivity index (χ1v) is 26.0. The van der Waals surface area contributed by atoms with E-state index in [1.54, 1.807) is 73.6 Å². The van der Waals surface area contributed by atoms with Crippen LogP contribution in [-0.4, -0.2) is 117 Å². The number of rotatable bonds is 20. The lowest BCUT2D eigenvalue weighted by Crippen LogP contribution is -2.30. The molecule has 2 aromatic rings.